The van der Waals surface area contributed by atoms with Crippen molar-refractivity contribution in [1.82, 2.24) is 10.1 Å². The summed E-state index contributed by atoms with van der Waals surface area (Å²) in [5, 5.41) is 5.06. The maximum absolute atomic E-state index is 5.36. The molecule has 0 fully saturated rings. The number of hydrogen-bond acceptors (Lipinski definition) is 4. The minimum absolute atomic E-state index is 0.717. The van der Waals surface area contributed by atoms with Crippen molar-refractivity contribution < 1.29 is 4.52 Å². The van der Waals surface area contributed by atoms with Crippen molar-refractivity contribution in [2.45, 2.75) is 10.8 Å². The predicted octanol–water partition coefficient (Wildman–Crippen LogP) is 4.79. The van der Waals surface area contributed by atoms with Crippen molar-refractivity contribution in [2.24, 2.45) is 0 Å². The van der Waals surface area contributed by atoms with Gasteiger partial charge in [0.15, 0.2) is 0 Å². The quantitative estimate of drug-likeness (QED) is 0.636. The molecule has 0 aliphatic rings. The van der Waals surface area contributed by atoms with Crippen molar-refractivity contribution in [3.8, 4) is 11.3 Å². The zero-order valence-electron chi connectivity index (χ0n) is 10.5. The summed E-state index contributed by atoms with van der Waals surface area (Å²) in [7, 11) is 0. The van der Waals surface area contributed by atoms with E-state index in [0.29, 0.717) is 5.75 Å². The predicted molar refractivity (Wildman–Crippen MR) is 83.4 cm³/mol. The largest absolute Gasteiger partial charge is 0.360 e. The van der Waals surface area contributed by atoms with Crippen LogP contribution in [0.4, 0.5) is 0 Å². The Morgan fingerprint density at radius 3 is 2.70 bits per heavy atom. The van der Waals surface area contributed by atoms with E-state index in [1.807, 2.05) is 48.5 Å². The highest BCUT2D eigenvalue weighted by molar-refractivity contribution is 9.10. The SMILES string of the molecule is Brc1ccc(SCc2cc(-c3ccccc3)no2)nc1. The molecule has 0 saturated heterocycles. The van der Waals surface area contributed by atoms with E-state index in [-0.39, 0.29) is 0 Å². The summed E-state index contributed by atoms with van der Waals surface area (Å²) >= 11 is 5.00. The second-order valence-corrected chi connectivity index (χ2v) is 6.06. The molecule has 0 spiro atoms. The van der Waals surface area contributed by atoms with Crippen LogP contribution in [0.3, 0.4) is 0 Å². The molecule has 2 heterocycles. The van der Waals surface area contributed by atoms with Gasteiger partial charge in [-0.15, -0.1) is 0 Å². The molecule has 0 bridgehead atoms. The Hall–Kier alpha value is -1.59. The van der Waals surface area contributed by atoms with Gasteiger partial charge < -0.3 is 4.52 Å². The third kappa shape index (κ3) is 3.29. The summed E-state index contributed by atoms with van der Waals surface area (Å²) < 4.78 is 6.34. The Kier molecular flexibility index (Phi) is 4.18. The zero-order chi connectivity index (χ0) is 13.8. The first-order valence-electron chi connectivity index (χ1n) is 6.06. The molecular formula is C15H11BrN2OS. The number of rotatable bonds is 4. The summed E-state index contributed by atoms with van der Waals surface area (Å²) in [6.07, 6.45) is 1.79. The summed E-state index contributed by atoms with van der Waals surface area (Å²) in [5.41, 5.74) is 1.93. The summed E-state index contributed by atoms with van der Waals surface area (Å²) in [6, 6.07) is 15.9. The van der Waals surface area contributed by atoms with E-state index in [9.17, 15) is 0 Å². The first-order valence-corrected chi connectivity index (χ1v) is 7.84. The van der Waals surface area contributed by atoms with Crippen molar-refractivity contribution in [2.75, 3.05) is 0 Å². The molecule has 0 unspecified atom stereocenters. The Morgan fingerprint density at radius 2 is 1.95 bits per heavy atom. The lowest BCUT2D eigenvalue weighted by molar-refractivity contribution is 0.397. The van der Waals surface area contributed by atoms with Gasteiger partial charge in [-0.3, -0.25) is 0 Å². The molecule has 0 N–H and O–H groups in total. The van der Waals surface area contributed by atoms with Gasteiger partial charge in [0, 0.05) is 22.3 Å². The van der Waals surface area contributed by atoms with Gasteiger partial charge in [-0.1, -0.05) is 47.3 Å². The van der Waals surface area contributed by atoms with Crippen LogP contribution in [0, 0.1) is 0 Å². The first kappa shape index (κ1) is 13.4. The smallest absolute Gasteiger partial charge is 0.147 e. The maximum atomic E-state index is 5.36. The van der Waals surface area contributed by atoms with Crippen LogP contribution in [-0.2, 0) is 5.75 Å². The molecule has 0 atom stereocenters. The number of halogens is 1. The summed E-state index contributed by atoms with van der Waals surface area (Å²) in [4.78, 5) is 4.31. The molecule has 2 aromatic heterocycles. The van der Waals surface area contributed by atoms with Gasteiger partial charge in [-0.2, -0.15) is 0 Å². The van der Waals surface area contributed by atoms with Gasteiger partial charge in [0.25, 0.3) is 0 Å². The Morgan fingerprint density at radius 1 is 1.10 bits per heavy atom. The average molecular weight is 347 g/mol. The highest BCUT2D eigenvalue weighted by atomic mass is 79.9. The zero-order valence-corrected chi connectivity index (χ0v) is 12.9. The normalized spacial score (nSPS) is 10.7. The van der Waals surface area contributed by atoms with Crippen molar-refractivity contribution in [1.29, 1.82) is 0 Å². The molecule has 3 nitrogen and oxygen atoms in total. The van der Waals surface area contributed by atoms with Gasteiger partial charge in [-0.05, 0) is 28.1 Å². The lowest BCUT2D eigenvalue weighted by Crippen LogP contribution is -1.80. The fourth-order valence-electron chi connectivity index (χ4n) is 1.72. The molecular weight excluding hydrogens is 336 g/mol. The Balaban J connectivity index is 1.67. The minimum Gasteiger partial charge on any atom is -0.360 e. The standard InChI is InChI=1S/C15H11BrN2OS/c16-12-6-7-15(17-9-12)20-10-13-8-14(18-19-13)11-4-2-1-3-5-11/h1-9H,10H2. The lowest BCUT2D eigenvalue weighted by atomic mass is 10.1. The van der Waals surface area contributed by atoms with E-state index in [1.54, 1.807) is 18.0 Å². The topological polar surface area (TPSA) is 38.9 Å². The molecule has 0 aliphatic heterocycles. The highest BCUT2D eigenvalue weighted by Crippen LogP contribution is 2.25. The second-order valence-electron chi connectivity index (χ2n) is 4.15. The highest BCUT2D eigenvalue weighted by Gasteiger charge is 2.07. The van der Waals surface area contributed by atoms with E-state index in [4.69, 9.17) is 4.52 Å². The summed E-state index contributed by atoms with van der Waals surface area (Å²) in [6.45, 7) is 0. The van der Waals surface area contributed by atoms with Crippen molar-refractivity contribution >= 4 is 27.7 Å². The molecule has 100 valence electrons. The first-order chi connectivity index (χ1) is 9.81. The third-order valence-electron chi connectivity index (χ3n) is 2.69. The molecule has 1 aromatic carbocycles. The molecule has 20 heavy (non-hydrogen) atoms. The third-order valence-corrected chi connectivity index (χ3v) is 4.13. The number of nitrogens with zero attached hydrogens (tertiary/aromatic N) is 2. The minimum atomic E-state index is 0.717. The molecule has 5 heteroatoms. The monoisotopic (exact) mass is 346 g/mol. The van der Waals surface area contributed by atoms with Crippen LogP contribution in [0.2, 0.25) is 0 Å². The van der Waals surface area contributed by atoms with Crippen molar-refractivity contribution in [3.63, 3.8) is 0 Å². The van der Waals surface area contributed by atoms with E-state index in [1.165, 1.54) is 0 Å². The fourth-order valence-corrected chi connectivity index (χ4v) is 2.67. The molecule has 0 radical (unpaired) electrons. The van der Waals surface area contributed by atoms with Gasteiger partial charge in [-0.25, -0.2) is 4.98 Å². The van der Waals surface area contributed by atoms with Crippen LogP contribution in [0.5, 0.6) is 0 Å². The van der Waals surface area contributed by atoms with E-state index in [0.717, 1.165) is 26.5 Å². The van der Waals surface area contributed by atoms with Crippen LogP contribution in [-0.4, -0.2) is 10.1 Å². The van der Waals surface area contributed by atoms with E-state index < -0.39 is 0 Å². The van der Waals surface area contributed by atoms with Crippen LogP contribution in [0.15, 0.2) is 68.7 Å². The maximum Gasteiger partial charge on any atom is 0.147 e. The lowest BCUT2D eigenvalue weighted by Gasteiger charge is -1.97. The van der Waals surface area contributed by atoms with Gasteiger partial charge in [0.2, 0.25) is 0 Å². The number of benzene rings is 1. The van der Waals surface area contributed by atoms with Crippen molar-refractivity contribution in [3.05, 3.63) is 65.0 Å². The Labute approximate surface area is 129 Å². The molecule has 0 saturated carbocycles. The molecule has 0 amide bonds. The molecule has 3 aromatic rings. The van der Waals surface area contributed by atoms with E-state index in [2.05, 4.69) is 26.1 Å². The Bertz CT molecular complexity index is 683. The average Bonchev–Trinajstić information content (AvgIpc) is 2.97. The number of aromatic nitrogens is 2. The van der Waals surface area contributed by atoms with Crippen LogP contribution in [0.25, 0.3) is 11.3 Å². The second kappa shape index (κ2) is 6.24. The van der Waals surface area contributed by atoms with Gasteiger partial charge in [0.05, 0.1) is 10.8 Å². The van der Waals surface area contributed by atoms with Gasteiger partial charge >= 0.3 is 0 Å². The van der Waals surface area contributed by atoms with Crippen LogP contribution in [0.1, 0.15) is 5.76 Å². The van der Waals surface area contributed by atoms with Gasteiger partial charge in [0.1, 0.15) is 11.5 Å². The molecule has 3 rings (SSSR count). The summed E-state index contributed by atoms with van der Waals surface area (Å²) in [5.74, 6) is 1.56. The molecule has 0 aliphatic carbocycles. The number of thioether (sulfide) groups is 1. The number of pyridine rings is 1. The fraction of sp³-hybridized carbons (Fsp3) is 0.0667. The van der Waals surface area contributed by atoms with Crippen LogP contribution < -0.4 is 0 Å². The van der Waals surface area contributed by atoms with E-state index >= 15 is 0 Å². The number of hydrogen-bond donors (Lipinski definition) is 0. The van der Waals surface area contributed by atoms with Crippen LogP contribution >= 0.6 is 27.7 Å².